The third-order valence-electron chi connectivity index (χ3n) is 2.21. The largest absolute Gasteiger partial charge is 0.330 e. The van der Waals surface area contributed by atoms with E-state index in [1.807, 2.05) is 13.8 Å². The summed E-state index contributed by atoms with van der Waals surface area (Å²) in [6.07, 6.45) is 4.54. The molecule has 0 aliphatic carbocycles. The van der Waals surface area contributed by atoms with Gasteiger partial charge < -0.3 is 5.73 Å². The summed E-state index contributed by atoms with van der Waals surface area (Å²) in [4.78, 5) is 19.7. The highest BCUT2D eigenvalue weighted by Crippen LogP contribution is 2.14. The minimum absolute atomic E-state index is 0.0180. The van der Waals surface area contributed by atoms with Gasteiger partial charge in [-0.1, -0.05) is 13.8 Å². The molecule has 1 rings (SSSR count). The number of hydrogen-bond acceptors (Lipinski definition) is 4. The van der Waals surface area contributed by atoms with Crippen LogP contribution < -0.4 is 5.73 Å². The van der Waals surface area contributed by atoms with Crippen LogP contribution in [0.25, 0.3) is 0 Å². The molecule has 1 unspecified atom stereocenters. The predicted molar refractivity (Wildman–Crippen MR) is 53.7 cm³/mol. The van der Waals surface area contributed by atoms with Crippen molar-refractivity contribution < 1.29 is 4.79 Å². The van der Waals surface area contributed by atoms with Crippen molar-refractivity contribution in [1.82, 2.24) is 9.97 Å². The number of carbonyl (C=O) groups is 1. The molecule has 0 radical (unpaired) electrons. The highest BCUT2D eigenvalue weighted by molar-refractivity contribution is 5.96. The van der Waals surface area contributed by atoms with Gasteiger partial charge >= 0.3 is 0 Å². The quantitative estimate of drug-likeness (QED) is 0.721. The molecule has 1 aromatic rings. The average Bonchev–Trinajstić information content (AvgIpc) is 2.19. The van der Waals surface area contributed by atoms with Gasteiger partial charge in [-0.2, -0.15) is 0 Å². The number of hydrogen-bond donors (Lipinski definition) is 1. The van der Waals surface area contributed by atoms with Crippen molar-refractivity contribution in [2.45, 2.75) is 13.8 Å². The molecule has 1 aromatic heterocycles. The Balaban J connectivity index is 2.84. The van der Waals surface area contributed by atoms with E-state index in [0.717, 1.165) is 0 Å². The lowest BCUT2D eigenvalue weighted by Gasteiger charge is -2.16. The molecule has 0 saturated carbocycles. The monoisotopic (exact) mass is 193 g/mol. The highest BCUT2D eigenvalue weighted by Gasteiger charge is 2.22. The zero-order valence-corrected chi connectivity index (χ0v) is 8.47. The summed E-state index contributed by atoms with van der Waals surface area (Å²) in [5.41, 5.74) is 5.94. The Morgan fingerprint density at radius 2 is 2.21 bits per heavy atom. The molecular formula is C10H15N3O. The molecule has 14 heavy (non-hydrogen) atoms. The van der Waals surface area contributed by atoms with E-state index in [1.165, 1.54) is 12.4 Å². The van der Waals surface area contributed by atoms with Crippen molar-refractivity contribution in [2.24, 2.45) is 17.6 Å². The zero-order valence-electron chi connectivity index (χ0n) is 8.47. The van der Waals surface area contributed by atoms with Crippen molar-refractivity contribution in [3.05, 3.63) is 24.3 Å². The maximum absolute atomic E-state index is 11.8. The molecule has 0 aliphatic rings. The first-order valence-electron chi connectivity index (χ1n) is 4.67. The Hall–Kier alpha value is -1.29. The molecule has 0 bridgehead atoms. The first-order valence-corrected chi connectivity index (χ1v) is 4.67. The van der Waals surface area contributed by atoms with Crippen molar-refractivity contribution in [1.29, 1.82) is 0 Å². The first kappa shape index (κ1) is 10.8. The van der Waals surface area contributed by atoms with E-state index in [1.54, 1.807) is 6.20 Å². The van der Waals surface area contributed by atoms with Crippen molar-refractivity contribution in [3.63, 3.8) is 0 Å². The van der Waals surface area contributed by atoms with Crippen LogP contribution in [-0.4, -0.2) is 22.3 Å². The summed E-state index contributed by atoms with van der Waals surface area (Å²) in [7, 11) is 0. The third-order valence-corrected chi connectivity index (χ3v) is 2.21. The van der Waals surface area contributed by atoms with Crippen molar-refractivity contribution in [2.75, 3.05) is 6.54 Å². The standard InChI is InChI=1S/C10H15N3O/c1-7(2)8(5-11)10(14)9-6-12-3-4-13-9/h3-4,6-8H,5,11H2,1-2H3. The number of carbonyl (C=O) groups excluding carboxylic acids is 1. The van der Waals surface area contributed by atoms with Crippen LogP contribution in [0.15, 0.2) is 18.6 Å². The zero-order chi connectivity index (χ0) is 10.6. The van der Waals surface area contributed by atoms with E-state index in [0.29, 0.717) is 12.2 Å². The number of Topliss-reactive ketones (excluding diaryl/α,β-unsaturated/α-hetero) is 1. The van der Waals surface area contributed by atoms with Gasteiger partial charge in [0.05, 0.1) is 6.20 Å². The van der Waals surface area contributed by atoms with Crippen LogP contribution in [0.1, 0.15) is 24.3 Å². The number of nitrogens with two attached hydrogens (primary N) is 1. The Morgan fingerprint density at radius 1 is 1.50 bits per heavy atom. The molecule has 4 heteroatoms. The fourth-order valence-electron chi connectivity index (χ4n) is 1.30. The molecule has 1 heterocycles. The molecule has 0 fully saturated rings. The van der Waals surface area contributed by atoms with E-state index in [-0.39, 0.29) is 17.6 Å². The van der Waals surface area contributed by atoms with E-state index >= 15 is 0 Å². The highest BCUT2D eigenvalue weighted by atomic mass is 16.1. The Morgan fingerprint density at radius 3 is 2.64 bits per heavy atom. The second-order valence-corrected chi connectivity index (χ2v) is 3.54. The van der Waals surface area contributed by atoms with E-state index < -0.39 is 0 Å². The topological polar surface area (TPSA) is 68.9 Å². The molecular weight excluding hydrogens is 178 g/mol. The van der Waals surface area contributed by atoms with Crippen LogP contribution >= 0.6 is 0 Å². The smallest absolute Gasteiger partial charge is 0.187 e. The summed E-state index contributed by atoms with van der Waals surface area (Å²) in [6.45, 7) is 4.31. The van der Waals surface area contributed by atoms with Gasteiger partial charge in [-0.25, -0.2) is 4.98 Å². The summed E-state index contributed by atoms with van der Waals surface area (Å²) < 4.78 is 0. The van der Waals surface area contributed by atoms with E-state index in [9.17, 15) is 4.79 Å². The van der Waals surface area contributed by atoms with Crippen LogP contribution in [0.2, 0.25) is 0 Å². The lowest BCUT2D eigenvalue weighted by molar-refractivity contribution is 0.0886. The van der Waals surface area contributed by atoms with Gasteiger partial charge in [-0.15, -0.1) is 0 Å². The lowest BCUT2D eigenvalue weighted by atomic mass is 9.90. The molecule has 0 saturated heterocycles. The molecule has 0 amide bonds. The number of ketones is 1. The van der Waals surface area contributed by atoms with Gasteiger partial charge in [0.2, 0.25) is 0 Å². The molecule has 0 aromatic carbocycles. The van der Waals surface area contributed by atoms with Gasteiger partial charge in [0.15, 0.2) is 5.78 Å². The molecule has 2 N–H and O–H groups in total. The fourth-order valence-corrected chi connectivity index (χ4v) is 1.30. The molecule has 1 atom stereocenters. The summed E-state index contributed by atoms with van der Waals surface area (Å²) in [5.74, 6) is 0.0526. The second-order valence-electron chi connectivity index (χ2n) is 3.54. The first-order chi connectivity index (χ1) is 6.66. The average molecular weight is 193 g/mol. The van der Waals surface area contributed by atoms with Gasteiger partial charge in [0, 0.05) is 24.9 Å². The molecule has 0 aliphatic heterocycles. The van der Waals surface area contributed by atoms with Crippen LogP contribution in [-0.2, 0) is 0 Å². The molecule has 0 spiro atoms. The van der Waals surface area contributed by atoms with Crippen LogP contribution in [0.4, 0.5) is 0 Å². The van der Waals surface area contributed by atoms with Crippen molar-refractivity contribution >= 4 is 5.78 Å². The fraction of sp³-hybridized carbons (Fsp3) is 0.500. The second kappa shape index (κ2) is 4.81. The Bertz CT molecular complexity index is 297. The third kappa shape index (κ3) is 2.35. The minimum Gasteiger partial charge on any atom is -0.330 e. The normalized spacial score (nSPS) is 12.9. The summed E-state index contributed by atoms with van der Waals surface area (Å²) >= 11 is 0. The molecule has 76 valence electrons. The van der Waals surface area contributed by atoms with Gasteiger partial charge in [0.1, 0.15) is 5.69 Å². The van der Waals surface area contributed by atoms with Crippen LogP contribution in [0, 0.1) is 11.8 Å². The predicted octanol–water partition coefficient (Wildman–Crippen LogP) is 0.890. The molecule has 4 nitrogen and oxygen atoms in total. The van der Waals surface area contributed by atoms with Crippen LogP contribution in [0.5, 0.6) is 0 Å². The van der Waals surface area contributed by atoms with E-state index in [4.69, 9.17) is 5.73 Å². The Labute approximate surface area is 83.6 Å². The minimum atomic E-state index is -0.160. The summed E-state index contributed by atoms with van der Waals surface area (Å²) in [6, 6.07) is 0. The van der Waals surface area contributed by atoms with Gasteiger partial charge in [-0.05, 0) is 5.92 Å². The lowest BCUT2D eigenvalue weighted by Crippen LogP contribution is -2.29. The number of aromatic nitrogens is 2. The number of nitrogens with zero attached hydrogens (tertiary/aromatic N) is 2. The van der Waals surface area contributed by atoms with Crippen molar-refractivity contribution in [3.8, 4) is 0 Å². The van der Waals surface area contributed by atoms with Gasteiger partial charge in [-0.3, -0.25) is 9.78 Å². The van der Waals surface area contributed by atoms with Crippen LogP contribution in [0.3, 0.4) is 0 Å². The maximum Gasteiger partial charge on any atom is 0.187 e. The summed E-state index contributed by atoms with van der Waals surface area (Å²) in [5, 5.41) is 0. The van der Waals surface area contributed by atoms with E-state index in [2.05, 4.69) is 9.97 Å². The van der Waals surface area contributed by atoms with Gasteiger partial charge in [0.25, 0.3) is 0 Å². The SMILES string of the molecule is CC(C)C(CN)C(=O)c1cnccn1. The number of rotatable bonds is 4. The Kier molecular flexibility index (Phi) is 3.71. The maximum atomic E-state index is 11.8.